The molecule has 0 aliphatic heterocycles. The van der Waals surface area contributed by atoms with E-state index in [0.717, 1.165) is 5.01 Å². The number of carboxylic acids is 1. The largest absolute Gasteiger partial charge is 0.477 e. The van der Waals surface area contributed by atoms with Gasteiger partial charge in [-0.1, -0.05) is 12.1 Å². The fourth-order valence-corrected chi connectivity index (χ4v) is 1.80. The third-order valence-corrected chi connectivity index (χ3v) is 2.79. The molecule has 108 valence electrons. The molecule has 1 heterocycles. The SMILES string of the molecule is N/C(C(=O)O)=C(/c1ccncc1)N(N)c1ccccc1F. The van der Waals surface area contributed by atoms with Crippen LogP contribution in [-0.2, 0) is 4.79 Å². The molecule has 0 bridgehead atoms. The Balaban J connectivity index is 2.60. The number of anilines is 1. The number of nitrogens with zero attached hydrogens (tertiary/aromatic N) is 2. The predicted octanol–water partition coefficient (Wildman–Crippen LogP) is 1.31. The van der Waals surface area contributed by atoms with Gasteiger partial charge < -0.3 is 10.8 Å². The summed E-state index contributed by atoms with van der Waals surface area (Å²) in [6.45, 7) is 0. The van der Waals surface area contributed by atoms with Crippen molar-refractivity contribution in [2.45, 2.75) is 0 Å². The normalized spacial score (nSPS) is 11.7. The van der Waals surface area contributed by atoms with E-state index < -0.39 is 17.5 Å². The van der Waals surface area contributed by atoms with E-state index in [-0.39, 0.29) is 11.4 Å². The van der Waals surface area contributed by atoms with Gasteiger partial charge in [0.2, 0.25) is 0 Å². The molecule has 0 fully saturated rings. The van der Waals surface area contributed by atoms with Gasteiger partial charge in [0, 0.05) is 18.0 Å². The van der Waals surface area contributed by atoms with Crippen molar-refractivity contribution in [2.24, 2.45) is 11.6 Å². The molecule has 1 aromatic heterocycles. The van der Waals surface area contributed by atoms with E-state index in [1.165, 1.54) is 42.7 Å². The van der Waals surface area contributed by atoms with E-state index in [9.17, 15) is 9.18 Å². The minimum Gasteiger partial charge on any atom is -0.477 e. The zero-order valence-corrected chi connectivity index (χ0v) is 10.9. The van der Waals surface area contributed by atoms with Gasteiger partial charge in [0.05, 0.1) is 11.4 Å². The highest BCUT2D eigenvalue weighted by molar-refractivity contribution is 5.98. The Bertz CT molecular complexity index is 688. The van der Waals surface area contributed by atoms with Crippen molar-refractivity contribution in [3.63, 3.8) is 0 Å². The second-order valence-corrected chi connectivity index (χ2v) is 4.12. The van der Waals surface area contributed by atoms with E-state index in [2.05, 4.69) is 4.98 Å². The standard InChI is InChI=1S/C14H13FN4O2/c15-10-3-1-2-4-11(10)19(17)13(12(16)14(20)21)9-5-7-18-8-6-9/h1-8H,16-17H2,(H,20,21)/b13-12-. The van der Waals surface area contributed by atoms with Crippen LogP contribution in [0.15, 0.2) is 54.5 Å². The topological polar surface area (TPSA) is 105 Å². The molecule has 21 heavy (non-hydrogen) atoms. The number of hydrazine groups is 1. The molecule has 5 N–H and O–H groups in total. The molecule has 6 nitrogen and oxygen atoms in total. The van der Waals surface area contributed by atoms with Gasteiger partial charge in [-0.15, -0.1) is 0 Å². The number of aliphatic carboxylic acids is 1. The van der Waals surface area contributed by atoms with E-state index in [1.54, 1.807) is 6.07 Å². The molecule has 2 aromatic rings. The van der Waals surface area contributed by atoms with E-state index in [0.29, 0.717) is 5.56 Å². The van der Waals surface area contributed by atoms with Crippen molar-refractivity contribution in [3.8, 4) is 0 Å². The lowest BCUT2D eigenvalue weighted by molar-refractivity contribution is -0.132. The Kier molecular flexibility index (Phi) is 4.15. The van der Waals surface area contributed by atoms with Gasteiger partial charge in [0.1, 0.15) is 11.5 Å². The van der Waals surface area contributed by atoms with Crippen LogP contribution in [0.25, 0.3) is 5.70 Å². The van der Waals surface area contributed by atoms with Crippen molar-refractivity contribution >= 4 is 17.4 Å². The maximum atomic E-state index is 13.8. The maximum absolute atomic E-state index is 13.8. The second-order valence-electron chi connectivity index (χ2n) is 4.12. The number of para-hydroxylation sites is 1. The smallest absolute Gasteiger partial charge is 0.354 e. The van der Waals surface area contributed by atoms with Crippen molar-refractivity contribution in [3.05, 3.63) is 65.9 Å². The summed E-state index contributed by atoms with van der Waals surface area (Å²) < 4.78 is 13.8. The van der Waals surface area contributed by atoms with Crippen LogP contribution in [-0.4, -0.2) is 16.1 Å². The van der Waals surface area contributed by atoms with Crippen LogP contribution in [0.3, 0.4) is 0 Å². The number of carbonyl (C=O) groups is 1. The fraction of sp³-hybridized carbons (Fsp3) is 0. The van der Waals surface area contributed by atoms with Crippen LogP contribution in [0.1, 0.15) is 5.56 Å². The summed E-state index contributed by atoms with van der Waals surface area (Å²) in [6, 6.07) is 8.79. The molecule has 0 saturated carbocycles. The van der Waals surface area contributed by atoms with Gasteiger partial charge in [0.15, 0.2) is 0 Å². The van der Waals surface area contributed by atoms with Crippen LogP contribution in [0.4, 0.5) is 10.1 Å². The summed E-state index contributed by atoms with van der Waals surface area (Å²) in [5.41, 5.74) is 5.51. The molecule has 0 aliphatic rings. The first-order valence-corrected chi connectivity index (χ1v) is 5.95. The van der Waals surface area contributed by atoms with Crippen molar-refractivity contribution in [1.29, 1.82) is 0 Å². The first-order chi connectivity index (χ1) is 10.0. The van der Waals surface area contributed by atoms with E-state index >= 15 is 0 Å². The first kappa shape index (κ1) is 14.5. The molecule has 0 unspecified atom stereocenters. The molecule has 2 rings (SSSR count). The first-order valence-electron chi connectivity index (χ1n) is 5.95. The average Bonchev–Trinajstić information content (AvgIpc) is 2.48. The molecule has 0 aliphatic carbocycles. The monoisotopic (exact) mass is 288 g/mol. The number of halogens is 1. The molecule has 0 spiro atoms. The third-order valence-electron chi connectivity index (χ3n) is 2.79. The zero-order chi connectivity index (χ0) is 15.4. The number of benzene rings is 1. The minimum atomic E-state index is -1.35. The zero-order valence-electron chi connectivity index (χ0n) is 10.9. The van der Waals surface area contributed by atoms with Gasteiger partial charge in [-0.2, -0.15) is 0 Å². The molecular formula is C14H13FN4O2. The molecular weight excluding hydrogens is 275 g/mol. The second kappa shape index (κ2) is 6.02. The number of pyridine rings is 1. The average molecular weight is 288 g/mol. The highest BCUT2D eigenvalue weighted by Crippen LogP contribution is 2.26. The Labute approximate surface area is 120 Å². The summed E-state index contributed by atoms with van der Waals surface area (Å²) in [6.07, 6.45) is 2.92. The number of rotatable bonds is 4. The molecule has 0 saturated heterocycles. The van der Waals surface area contributed by atoms with Gasteiger partial charge >= 0.3 is 5.97 Å². The number of aromatic nitrogens is 1. The third kappa shape index (κ3) is 2.98. The molecule has 0 atom stereocenters. The number of hydrogen-bond donors (Lipinski definition) is 3. The quantitative estimate of drug-likeness (QED) is 0.445. The highest BCUT2D eigenvalue weighted by atomic mass is 19.1. The number of carboxylic acid groups (broad SMARTS) is 1. The lowest BCUT2D eigenvalue weighted by atomic mass is 10.1. The predicted molar refractivity (Wildman–Crippen MR) is 76.0 cm³/mol. The van der Waals surface area contributed by atoms with Gasteiger partial charge in [-0.3, -0.25) is 9.99 Å². The van der Waals surface area contributed by atoms with E-state index in [4.69, 9.17) is 16.7 Å². The Hall–Kier alpha value is -2.93. The molecule has 1 aromatic carbocycles. The maximum Gasteiger partial charge on any atom is 0.354 e. The summed E-state index contributed by atoms with van der Waals surface area (Å²) in [5.74, 6) is 3.94. The van der Waals surface area contributed by atoms with Gasteiger partial charge in [-0.05, 0) is 24.3 Å². The van der Waals surface area contributed by atoms with Crippen LogP contribution >= 0.6 is 0 Å². The Morgan fingerprint density at radius 1 is 1.19 bits per heavy atom. The summed E-state index contributed by atoms with van der Waals surface area (Å²) in [7, 11) is 0. The van der Waals surface area contributed by atoms with Crippen LogP contribution < -0.4 is 16.6 Å². The summed E-state index contributed by atoms with van der Waals surface area (Å²) in [5, 5.41) is 10.0. The summed E-state index contributed by atoms with van der Waals surface area (Å²) >= 11 is 0. The van der Waals surface area contributed by atoms with Crippen molar-refractivity contribution < 1.29 is 14.3 Å². The van der Waals surface area contributed by atoms with Gasteiger partial charge in [-0.25, -0.2) is 15.0 Å². The Morgan fingerprint density at radius 3 is 2.38 bits per heavy atom. The highest BCUT2D eigenvalue weighted by Gasteiger charge is 2.20. The molecule has 0 radical (unpaired) electrons. The van der Waals surface area contributed by atoms with Crippen molar-refractivity contribution in [1.82, 2.24) is 4.98 Å². The van der Waals surface area contributed by atoms with Crippen molar-refractivity contribution in [2.75, 3.05) is 5.01 Å². The van der Waals surface area contributed by atoms with Crippen LogP contribution in [0, 0.1) is 5.82 Å². The number of hydrogen-bond acceptors (Lipinski definition) is 5. The molecule has 7 heteroatoms. The number of nitrogens with two attached hydrogens (primary N) is 2. The lowest BCUT2D eigenvalue weighted by Crippen LogP contribution is -2.33. The Morgan fingerprint density at radius 2 is 1.81 bits per heavy atom. The van der Waals surface area contributed by atoms with Crippen LogP contribution in [0.2, 0.25) is 0 Å². The minimum absolute atomic E-state index is 0.00788. The van der Waals surface area contributed by atoms with E-state index in [1.807, 2.05) is 0 Å². The lowest BCUT2D eigenvalue weighted by Gasteiger charge is -2.23. The molecule has 0 amide bonds. The van der Waals surface area contributed by atoms with Crippen LogP contribution in [0.5, 0.6) is 0 Å². The summed E-state index contributed by atoms with van der Waals surface area (Å²) in [4.78, 5) is 15.0. The van der Waals surface area contributed by atoms with Gasteiger partial charge in [0.25, 0.3) is 0 Å². The fourth-order valence-electron chi connectivity index (χ4n) is 1.80.